The lowest BCUT2D eigenvalue weighted by atomic mass is 10.1. The Kier molecular flexibility index (Phi) is 4.61. The van der Waals surface area contributed by atoms with Crippen molar-refractivity contribution in [3.05, 3.63) is 58.2 Å². The number of fused-ring (bicyclic) bond motifs is 1. The third kappa shape index (κ3) is 3.62. The predicted molar refractivity (Wildman–Crippen MR) is 98.2 cm³/mol. The minimum atomic E-state index is -0.356. The van der Waals surface area contributed by atoms with E-state index in [2.05, 4.69) is 15.7 Å². The maximum Gasteiger partial charge on any atom is 0.336 e. The molecule has 0 spiro atoms. The van der Waals surface area contributed by atoms with Crippen LogP contribution in [0, 0.1) is 6.92 Å². The molecule has 0 aliphatic carbocycles. The summed E-state index contributed by atoms with van der Waals surface area (Å²) in [6, 6.07) is 7.06. The van der Waals surface area contributed by atoms with Crippen LogP contribution in [0.15, 0.2) is 45.9 Å². The standard InChI is InChI=1S/C17H18N4O2S/c1-3-21-10-12(9-19-21)8-18-17(24)20-13-4-5-14-11(2)6-16(22)23-15(14)7-13/h4-7,9-10H,3,8H2,1-2H3,(H2,18,20,24). The molecule has 0 fully saturated rings. The number of rotatable bonds is 4. The fourth-order valence-corrected chi connectivity index (χ4v) is 2.62. The van der Waals surface area contributed by atoms with Crippen LogP contribution in [-0.2, 0) is 13.1 Å². The first-order chi connectivity index (χ1) is 11.5. The summed E-state index contributed by atoms with van der Waals surface area (Å²) in [6.45, 7) is 5.35. The minimum Gasteiger partial charge on any atom is -0.423 e. The number of aryl methyl sites for hydroxylation is 2. The SMILES string of the molecule is CCn1cc(CNC(=S)Nc2ccc3c(C)cc(=O)oc3c2)cn1. The molecule has 2 heterocycles. The number of anilines is 1. The quantitative estimate of drug-likeness (QED) is 0.561. The van der Waals surface area contributed by atoms with Crippen molar-refractivity contribution in [3.8, 4) is 0 Å². The maximum absolute atomic E-state index is 11.5. The molecule has 0 radical (unpaired) electrons. The molecule has 3 aromatic rings. The van der Waals surface area contributed by atoms with Gasteiger partial charge in [0, 0.05) is 48.1 Å². The summed E-state index contributed by atoms with van der Waals surface area (Å²) in [5.41, 5.74) is 2.89. The van der Waals surface area contributed by atoms with Crippen LogP contribution in [0.2, 0.25) is 0 Å². The average molecular weight is 342 g/mol. The Morgan fingerprint density at radius 1 is 1.38 bits per heavy atom. The fraction of sp³-hybridized carbons (Fsp3) is 0.235. The van der Waals surface area contributed by atoms with Gasteiger partial charge in [-0.25, -0.2) is 4.79 Å². The monoisotopic (exact) mass is 342 g/mol. The van der Waals surface area contributed by atoms with Gasteiger partial charge in [0.1, 0.15) is 5.58 Å². The highest BCUT2D eigenvalue weighted by Crippen LogP contribution is 2.20. The van der Waals surface area contributed by atoms with E-state index < -0.39 is 0 Å². The molecule has 0 amide bonds. The van der Waals surface area contributed by atoms with Gasteiger partial charge in [0.25, 0.3) is 0 Å². The van der Waals surface area contributed by atoms with Gasteiger partial charge in [0.05, 0.1) is 6.20 Å². The van der Waals surface area contributed by atoms with Crippen LogP contribution in [0.3, 0.4) is 0 Å². The van der Waals surface area contributed by atoms with E-state index in [0.29, 0.717) is 17.2 Å². The zero-order valence-electron chi connectivity index (χ0n) is 13.5. The molecule has 0 saturated heterocycles. The van der Waals surface area contributed by atoms with Crippen molar-refractivity contribution in [2.45, 2.75) is 26.9 Å². The topological polar surface area (TPSA) is 72.1 Å². The Morgan fingerprint density at radius 3 is 2.96 bits per heavy atom. The molecule has 0 bridgehead atoms. The Hall–Kier alpha value is -2.67. The first-order valence-corrected chi connectivity index (χ1v) is 8.06. The second kappa shape index (κ2) is 6.84. The van der Waals surface area contributed by atoms with Gasteiger partial charge in [0.15, 0.2) is 5.11 Å². The van der Waals surface area contributed by atoms with Crippen molar-refractivity contribution in [1.29, 1.82) is 0 Å². The van der Waals surface area contributed by atoms with E-state index in [1.54, 1.807) is 6.07 Å². The molecule has 0 saturated carbocycles. The van der Waals surface area contributed by atoms with E-state index in [1.165, 1.54) is 6.07 Å². The normalized spacial score (nSPS) is 10.8. The fourth-order valence-electron chi connectivity index (χ4n) is 2.43. The second-order valence-corrected chi connectivity index (χ2v) is 5.88. The first-order valence-electron chi connectivity index (χ1n) is 7.66. The highest BCUT2D eigenvalue weighted by Gasteiger charge is 2.05. The largest absolute Gasteiger partial charge is 0.423 e. The van der Waals surface area contributed by atoms with Gasteiger partial charge in [0.2, 0.25) is 0 Å². The van der Waals surface area contributed by atoms with Crippen LogP contribution in [0.4, 0.5) is 5.69 Å². The molecule has 3 rings (SSSR count). The summed E-state index contributed by atoms with van der Waals surface area (Å²) >= 11 is 5.30. The van der Waals surface area contributed by atoms with Crippen molar-refractivity contribution in [2.24, 2.45) is 0 Å². The van der Waals surface area contributed by atoms with E-state index in [4.69, 9.17) is 16.6 Å². The number of hydrogen-bond donors (Lipinski definition) is 2. The summed E-state index contributed by atoms with van der Waals surface area (Å²) in [5.74, 6) is 0. The van der Waals surface area contributed by atoms with Crippen LogP contribution in [0.1, 0.15) is 18.1 Å². The molecule has 7 heteroatoms. The van der Waals surface area contributed by atoms with Crippen molar-refractivity contribution >= 4 is 34.0 Å². The zero-order chi connectivity index (χ0) is 17.1. The highest BCUT2D eigenvalue weighted by molar-refractivity contribution is 7.80. The lowest BCUT2D eigenvalue weighted by molar-refractivity contribution is 0.560. The maximum atomic E-state index is 11.5. The van der Waals surface area contributed by atoms with Gasteiger partial charge in [-0.1, -0.05) is 0 Å². The molecular formula is C17H18N4O2S. The molecule has 2 aromatic heterocycles. The first kappa shape index (κ1) is 16.2. The van der Waals surface area contributed by atoms with Gasteiger partial charge in [-0.15, -0.1) is 0 Å². The lowest BCUT2D eigenvalue weighted by Crippen LogP contribution is -2.27. The summed E-state index contributed by atoms with van der Waals surface area (Å²) in [6.07, 6.45) is 3.79. The van der Waals surface area contributed by atoms with Crippen molar-refractivity contribution in [3.63, 3.8) is 0 Å². The van der Waals surface area contributed by atoms with E-state index in [9.17, 15) is 4.79 Å². The number of aromatic nitrogens is 2. The van der Waals surface area contributed by atoms with E-state index >= 15 is 0 Å². The molecule has 124 valence electrons. The Balaban J connectivity index is 1.67. The Morgan fingerprint density at radius 2 is 2.21 bits per heavy atom. The van der Waals surface area contributed by atoms with Crippen LogP contribution in [0.25, 0.3) is 11.0 Å². The molecule has 0 aliphatic heterocycles. The van der Waals surface area contributed by atoms with Gasteiger partial charge < -0.3 is 15.1 Å². The van der Waals surface area contributed by atoms with Gasteiger partial charge >= 0.3 is 5.63 Å². The Labute approximate surface area is 144 Å². The number of nitrogens with one attached hydrogen (secondary N) is 2. The molecule has 24 heavy (non-hydrogen) atoms. The molecule has 6 nitrogen and oxygen atoms in total. The summed E-state index contributed by atoms with van der Waals surface area (Å²) in [4.78, 5) is 11.5. The molecule has 1 aromatic carbocycles. The van der Waals surface area contributed by atoms with Gasteiger partial charge in [-0.3, -0.25) is 4.68 Å². The third-order valence-corrected chi connectivity index (χ3v) is 3.92. The molecule has 2 N–H and O–H groups in total. The van der Waals surface area contributed by atoms with E-state index in [-0.39, 0.29) is 5.63 Å². The van der Waals surface area contributed by atoms with E-state index in [1.807, 2.05) is 43.1 Å². The van der Waals surface area contributed by atoms with Crippen molar-refractivity contribution < 1.29 is 4.42 Å². The van der Waals surface area contributed by atoms with Gasteiger partial charge in [-0.2, -0.15) is 5.10 Å². The smallest absolute Gasteiger partial charge is 0.336 e. The molecule has 0 atom stereocenters. The lowest BCUT2D eigenvalue weighted by Gasteiger charge is -2.10. The van der Waals surface area contributed by atoms with Gasteiger partial charge in [-0.05, 0) is 43.8 Å². The summed E-state index contributed by atoms with van der Waals surface area (Å²) in [7, 11) is 0. The number of benzene rings is 1. The summed E-state index contributed by atoms with van der Waals surface area (Å²) < 4.78 is 7.10. The molecule has 0 aliphatic rings. The number of thiocarbonyl (C=S) groups is 1. The van der Waals surface area contributed by atoms with Crippen LogP contribution < -0.4 is 16.3 Å². The molecule has 0 unspecified atom stereocenters. The second-order valence-electron chi connectivity index (χ2n) is 5.47. The highest BCUT2D eigenvalue weighted by atomic mass is 32.1. The van der Waals surface area contributed by atoms with Crippen molar-refractivity contribution in [1.82, 2.24) is 15.1 Å². The van der Waals surface area contributed by atoms with Crippen LogP contribution in [-0.4, -0.2) is 14.9 Å². The molecular weight excluding hydrogens is 324 g/mol. The van der Waals surface area contributed by atoms with E-state index in [0.717, 1.165) is 28.7 Å². The number of nitrogens with zero attached hydrogens (tertiary/aromatic N) is 2. The zero-order valence-corrected chi connectivity index (χ0v) is 14.3. The van der Waals surface area contributed by atoms with Crippen LogP contribution >= 0.6 is 12.2 Å². The van der Waals surface area contributed by atoms with Crippen molar-refractivity contribution in [2.75, 3.05) is 5.32 Å². The van der Waals surface area contributed by atoms with Crippen LogP contribution in [0.5, 0.6) is 0 Å². The third-order valence-electron chi connectivity index (χ3n) is 3.67. The Bertz CT molecular complexity index is 945. The summed E-state index contributed by atoms with van der Waals surface area (Å²) in [5, 5.41) is 11.8. The minimum absolute atomic E-state index is 0.356. The average Bonchev–Trinajstić information content (AvgIpc) is 3.00. The number of hydrogen-bond acceptors (Lipinski definition) is 4. The predicted octanol–water partition coefficient (Wildman–Crippen LogP) is 2.80.